The zero-order chi connectivity index (χ0) is 19.8. The van der Waals surface area contributed by atoms with Crippen molar-refractivity contribution >= 4 is 34.9 Å². The number of carbonyl (C=O) groups is 2. The fraction of sp³-hybridized carbons (Fsp3) is 0.167. The second-order valence-electron chi connectivity index (χ2n) is 5.28. The van der Waals surface area contributed by atoms with E-state index in [0.717, 1.165) is 12.1 Å². The van der Waals surface area contributed by atoms with E-state index in [2.05, 4.69) is 0 Å². The highest BCUT2D eigenvalue weighted by atomic mass is 35.5. The Morgan fingerprint density at radius 3 is 2.56 bits per heavy atom. The van der Waals surface area contributed by atoms with Crippen LogP contribution < -0.4 is 4.90 Å². The third-order valence-corrected chi connectivity index (χ3v) is 3.75. The van der Waals surface area contributed by atoms with Crippen LogP contribution in [0.25, 0.3) is 0 Å². The van der Waals surface area contributed by atoms with E-state index in [4.69, 9.17) is 21.6 Å². The quantitative estimate of drug-likeness (QED) is 0.409. The lowest BCUT2D eigenvalue weighted by Crippen LogP contribution is -2.35. The van der Waals surface area contributed by atoms with E-state index >= 15 is 0 Å². The molecule has 0 aromatic heterocycles. The molecule has 0 fully saturated rings. The van der Waals surface area contributed by atoms with Gasteiger partial charge in [-0.3, -0.25) is 14.9 Å². The number of benzene rings is 2. The minimum Gasteiger partial charge on any atom is -0.452 e. The number of nitrogens with zero attached hydrogens (tertiary/aromatic N) is 3. The predicted molar refractivity (Wildman–Crippen MR) is 97.4 cm³/mol. The summed E-state index contributed by atoms with van der Waals surface area (Å²) in [7, 11) is 0. The van der Waals surface area contributed by atoms with Crippen LogP contribution in [-0.4, -0.2) is 30.0 Å². The molecule has 0 unspecified atom stereocenters. The van der Waals surface area contributed by atoms with E-state index in [0.29, 0.717) is 5.69 Å². The Bertz CT molecular complexity index is 896. The molecule has 0 spiro atoms. The molecule has 2 rings (SSSR count). The molecule has 8 nitrogen and oxygen atoms in total. The lowest BCUT2D eigenvalue weighted by atomic mass is 10.2. The van der Waals surface area contributed by atoms with Crippen LogP contribution in [0.15, 0.2) is 48.5 Å². The van der Waals surface area contributed by atoms with Gasteiger partial charge < -0.3 is 9.64 Å². The zero-order valence-electron chi connectivity index (χ0n) is 14.0. The summed E-state index contributed by atoms with van der Waals surface area (Å²) in [6.07, 6.45) is 0.0916. The molecule has 0 aliphatic carbocycles. The van der Waals surface area contributed by atoms with Crippen molar-refractivity contribution in [3.8, 4) is 6.07 Å². The van der Waals surface area contributed by atoms with Crippen molar-refractivity contribution < 1.29 is 19.2 Å². The van der Waals surface area contributed by atoms with E-state index in [1.807, 2.05) is 6.07 Å². The molecule has 0 N–H and O–H groups in total. The lowest BCUT2D eigenvalue weighted by molar-refractivity contribution is -0.385. The monoisotopic (exact) mass is 387 g/mol. The molecular weight excluding hydrogens is 374 g/mol. The molecule has 0 saturated heterocycles. The summed E-state index contributed by atoms with van der Waals surface area (Å²) >= 11 is 5.78. The van der Waals surface area contributed by atoms with Gasteiger partial charge in [0.1, 0.15) is 5.56 Å². The molecule has 0 aliphatic rings. The second-order valence-corrected chi connectivity index (χ2v) is 5.72. The number of nitriles is 1. The van der Waals surface area contributed by atoms with Gasteiger partial charge in [0.2, 0.25) is 0 Å². The zero-order valence-corrected chi connectivity index (χ0v) is 14.8. The van der Waals surface area contributed by atoms with Gasteiger partial charge in [-0.15, -0.1) is 0 Å². The number of hydrogen-bond donors (Lipinski definition) is 0. The summed E-state index contributed by atoms with van der Waals surface area (Å²) < 4.78 is 4.94. The first-order chi connectivity index (χ1) is 12.9. The van der Waals surface area contributed by atoms with Gasteiger partial charge in [0.05, 0.1) is 17.4 Å². The maximum Gasteiger partial charge on any atom is 0.345 e. The van der Waals surface area contributed by atoms with Crippen LogP contribution in [0.1, 0.15) is 16.8 Å². The number of anilines is 1. The molecule has 2 aromatic rings. The third kappa shape index (κ3) is 5.26. The number of amides is 1. The van der Waals surface area contributed by atoms with Crippen LogP contribution >= 0.6 is 11.6 Å². The lowest BCUT2D eigenvalue weighted by Gasteiger charge is -2.21. The molecule has 138 valence electrons. The second kappa shape index (κ2) is 9.31. The summed E-state index contributed by atoms with van der Waals surface area (Å²) in [5.74, 6) is -1.60. The Kier molecular flexibility index (Phi) is 6.86. The maximum absolute atomic E-state index is 12.5. The number of hydrogen-bond acceptors (Lipinski definition) is 6. The van der Waals surface area contributed by atoms with Crippen molar-refractivity contribution in [1.29, 1.82) is 5.26 Å². The largest absolute Gasteiger partial charge is 0.452 e. The van der Waals surface area contributed by atoms with Gasteiger partial charge >= 0.3 is 5.97 Å². The highest BCUT2D eigenvalue weighted by Crippen LogP contribution is 2.23. The number of halogens is 1. The number of nitro groups is 1. The number of carbonyl (C=O) groups excluding carboxylic acids is 2. The summed E-state index contributed by atoms with van der Waals surface area (Å²) in [6.45, 7) is -0.517. The molecule has 0 bridgehead atoms. The molecule has 0 saturated carbocycles. The fourth-order valence-electron chi connectivity index (χ4n) is 2.28. The van der Waals surface area contributed by atoms with Crippen LogP contribution in [0.3, 0.4) is 0 Å². The first-order valence-corrected chi connectivity index (χ1v) is 8.15. The molecule has 0 aliphatic heterocycles. The topological polar surface area (TPSA) is 114 Å². The Balaban J connectivity index is 2.13. The summed E-state index contributed by atoms with van der Waals surface area (Å²) in [4.78, 5) is 36.2. The fourth-order valence-corrected chi connectivity index (χ4v) is 2.45. The van der Waals surface area contributed by atoms with Gasteiger partial charge in [-0.2, -0.15) is 5.26 Å². The molecule has 0 radical (unpaired) electrons. The molecular formula is C18H14ClN3O5. The molecule has 27 heavy (non-hydrogen) atoms. The van der Waals surface area contributed by atoms with Crippen LogP contribution in [0, 0.1) is 21.4 Å². The van der Waals surface area contributed by atoms with Gasteiger partial charge in [-0.25, -0.2) is 4.79 Å². The van der Waals surface area contributed by atoms with Crippen molar-refractivity contribution in [2.45, 2.75) is 6.42 Å². The highest BCUT2D eigenvalue weighted by molar-refractivity contribution is 6.31. The van der Waals surface area contributed by atoms with Crippen LogP contribution in [-0.2, 0) is 9.53 Å². The van der Waals surface area contributed by atoms with Crippen molar-refractivity contribution in [1.82, 2.24) is 0 Å². The van der Waals surface area contributed by atoms with E-state index in [9.17, 15) is 19.7 Å². The molecule has 1 amide bonds. The average Bonchev–Trinajstić information content (AvgIpc) is 2.66. The van der Waals surface area contributed by atoms with Crippen molar-refractivity contribution in [2.75, 3.05) is 18.1 Å². The minimum absolute atomic E-state index is 0.0916. The minimum atomic E-state index is -1.04. The Morgan fingerprint density at radius 2 is 1.93 bits per heavy atom. The first kappa shape index (κ1) is 19.9. The highest BCUT2D eigenvalue weighted by Gasteiger charge is 2.24. The summed E-state index contributed by atoms with van der Waals surface area (Å²) in [5.41, 5.74) is -0.271. The third-order valence-electron chi connectivity index (χ3n) is 3.52. The van der Waals surface area contributed by atoms with E-state index in [1.165, 1.54) is 11.0 Å². The van der Waals surface area contributed by atoms with E-state index in [1.54, 1.807) is 30.3 Å². The van der Waals surface area contributed by atoms with Crippen molar-refractivity contribution in [3.05, 3.63) is 69.2 Å². The van der Waals surface area contributed by atoms with Crippen molar-refractivity contribution in [3.63, 3.8) is 0 Å². The SMILES string of the molecule is N#CCCN(C(=O)COC(=O)c1cc(Cl)ccc1[N+](=O)[O-])c1ccccc1. The van der Waals surface area contributed by atoms with Gasteiger partial charge in [-0.05, 0) is 24.3 Å². The number of nitro benzene ring substituents is 1. The van der Waals surface area contributed by atoms with Crippen LogP contribution in [0.4, 0.5) is 11.4 Å². The van der Waals surface area contributed by atoms with Crippen molar-refractivity contribution in [2.24, 2.45) is 0 Å². The van der Waals surface area contributed by atoms with Gasteiger partial charge in [0.25, 0.3) is 11.6 Å². The summed E-state index contributed by atoms with van der Waals surface area (Å²) in [5, 5.41) is 19.9. The molecule has 9 heteroatoms. The predicted octanol–water partition coefficient (Wildman–Crippen LogP) is 3.35. The van der Waals surface area contributed by atoms with Gasteiger partial charge in [0.15, 0.2) is 6.61 Å². The number of esters is 1. The Hall–Kier alpha value is -3.44. The average molecular weight is 388 g/mol. The van der Waals surface area contributed by atoms with E-state index < -0.39 is 29.1 Å². The molecule has 0 heterocycles. The molecule has 0 atom stereocenters. The normalized spacial score (nSPS) is 9.93. The number of ether oxygens (including phenoxy) is 1. The molecule has 2 aromatic carbocycles. The summed E-state index contributed by atoms with van der Waals surface area (Å²) in [6, 6.07) is 14.0. The smallest absolute Gasteiger partial charge is 0.345 e. The number of para-hydroxylation sites is 1. The van der Waals surface area contributed by atoms with Gasteiger partial charge in [-0.1, -0.05) is 29.8 Å². The van der Waals surface area contributed by atoms with E-state index in [-0.39, 0.29) is 23.6 Å². The number of rotatable bonds is 7. The maximum atomic E-state index is 12.5. The standard InChI is InChI=1S/C18H14ClN3O5/c19-13-7-8-16(22(25)26)15(11-13)18(24)27-12-17(23)21(10-4-9-20)14-5-2-1-3-6-14/h1-3,5-8,11H,4,10,12H2. The Morgan fingerprint density at radius 1 is 1.22 bits per heavy atom. The first-order valence-electron chi connectivity index (χ1n) is 7.77. The Labute approximate surface area is 159 Å². The van der Waals surface area contributed by atoms with Crippen LogP contribution in [0.5, 0.6) is 0 Å². The van der Waals surface area contributed by atoms with Gasteiger partial charge in [0, 0.05) is 23.3 Å². The van der Waals surface area contributed by atoms with Crippen LogP contribution in [0.2, 0.25) is 5.02 Å².